The molecule has 0 aliphatic heterocycles. The number of hydrogen-bond acceptors (Lipinski definition) is 0. The molecule has 0 amide bonds. The van der Waals surface area contributed by atoms with E-state index in [0.717, 1.165) is 33.0 Å². The Balaban J connectivity index is 2.14. The van der Waals surface area contributed by atoms with Gasteiger partial charge in [-0.25, -0.2) is 0 Å². The molecule has 0 bridgehead atoms. The molecule has 0 heterocycles. The third-order valence-electron chi connectivity index (χ3n) is 2.85. The van der Waals surface area contributed by atoms with Crippen molar-refractivity contribution >= 4 is 23.3 Å². The van der Waals surface area contributed by atoms with Gasteiger partial charge in [0.1, 0.15) is 0 Å². The van der Waals surface area contributed by atoms with Crippen LogP contribution < -0.4 is 0 Å². The first-order valence-corrected chi connectivity index (χ1v) is 8.01. The quantitative estimate of drug-likeness (QED) is 0.349. The zero-order valence-electron chi connectivity index (χ0n) is 10.5. The molecule has 0 aromatic rings. The first-order chi connectivity index (χ1) is 9.66. The van der Waals surface area contributed by atoms with E-state index in [2.05, 4.69) is 0 Å². The molecule has 2 aliphatic rings. The second-order valence-corrected chi connectivity index (χ2v) is 7.50. The van der Waals surface area contributed by atoms with Crippen LogP contribution in [0.25, 0.3) is 0 Å². The summed E-state index contributed by atoms with van der Waals surface area (Å²) in [5, 5.41) is 0. The molecule has 0 atom stereocenters. The number of hydrogen-bond donors (Lipinski definition) is 0. The van der Waals surface area contributed by atoms with Gasteiger partial charge in [0.2, 0.25) is 0 Å². The van der Waals surface area contributed by atoms with Crippen LogP contribution in [0.5, 0.6) is 0 Å². The van der Waals surface area contributed by atoms with Crippen LogP contribution in [0.2, 0.25) is 0 Å². The minimum atomic E-state index is -4.37. The van der Waals surface area contributed by atoms with Gasteiger partial charge in [0.15, 0.2) is 0 Å². The average Bonchev–Trinajstić information content (AvgIpc) is 2.38. The van der Waals surface area contributed by atoms with Gasteiger partial charge in [-0.3, -0.25) is 0 Å². The Morgan fingerprint density at radius 2 is 1.48 bits per heavy atom. The summed E-state index contributed by atoms with van der Waals surface area (Å²) in [6.45, 7) is 0. The monoisotopic (exact) mass is 365 g/mol. The molecule has 0 nitrogen and oxygen atoms in total. The molecule has 0 spiro atoms. The van der Waals surface area contributed by atoms with Crippen LogP contribution in [0, 0.1) is 6.42 Å². The standard InChI is InChI=1S/C14H9F6Ge/c15-13(16,17)9-1-5-11(6-2-9)21-12-7-3-10(4-8-12)14(18,19)20/h1-7H,8H2/q+1. The summed E-state index contributed by atoms with van der Waals surface area (Å²) in [6, 6.07) is 0. The van der Waals surface area contributed by atoms with Crippen molar-refractivity contribution in [1.82, 2.24) is 0 Å². The van der Waals surface area contributed by atoms with Crippen LogP contribution in [-0.4, -0.2) is 35.6 Å². The van der Waals surface area contributed by atoms with Crippen molar-refractivity contribution in [3.8, 4) is 0 Å². The van der Waals surface area contributed by atoms with Gasteiger partial charge in [-0.05, 0) is 0 Å². The summed E-state index contributed by atoms with van der Waals surface area (Å²) in [7, 11) is 0. The van der Waals surface area contributed by atoms with E-state index in [1.807, 2.05) is 0 Å². The van der Waals surface area contributed by atoms with Crippen molar-refractivity contribution in [2.75, 3.05) is 0 Å². The van der Waals surface area contributed by atoms with Gasteiger partial charge in [0.25, 0.3) is 0 Å². The van der Waals surface area contributed by atoms with Crippen LogP contribution in [0.1, 0.15) is 6.42 Å². The van der Waals surface area contributed by atoms with Crippen molar-refractivity contribution in [2.45, 2.75) is 18.8 Å². The molecule has 21 heavy (non-hydrogen) atoms. The summed E-state index contributed by atoms with van der Waals surface area (Å²) >= 11 is -0.897. The third kappa shape index (κ3) is 4.33. The molecule has 0 aromatic heterocycles. The first-order valence-electron chi connectivity index (χ1n) is 5.92. The van der Waals surface area contributed by atoms with Crippen molar-refractivity contribution < 1.29 is 26.3 Å². The molecule has 110 valence electrons. The minimum absolute atomic E-state index is 0.201. The van der Waals surface area contributed by atoms with E-state index >= 15 is 0 Å². The Morgan fingerprint density at radius 3 is 1.90 bits per heavy atom. The van der Waals surface area contributed by atoms with Crippen molar-refractivity contribution in [3.63, 3.8) is 0 Å². The molecule has 0 aromatic carbocycles. The molecule has 0 saturated carbocycles. The second-order valence-electron chi connectivity index (χ2n) is 4.42. The number of alkyl halides is 6. The van der Waals surface area contributed by atoms with E-state index in [9.17, 15) is 26.3 Å². The molecule has 0 unspecified atom stereocenters. The van der Waals surface area contributed by atoms with Gasteiger partial charge in [-0.2, -0.15) is 0 Å². The predicted octanol–water partition coefficient (Wildman–Crippen LogP) is 3.75. The van der Waals surface area contributed by atoms with Crippen LogP contribution in [0.15, 0.2) is 47.6 Å². The van der Waals surface area contributed by atoms with Gasteiger partial charge in [0, 0.05) is 0 Å². The van der Waals surface area contributed by atoms with Gasteiger partial charge >= 0.3 is 122 Å². The summed E-state index contributed by atoms with van der Waals surface area (Å²) in [5.41, 5.74) is -1.40. The van der Waals surface area contributed by atoms with Gasteiger partial charge in [-0.15, -0.1) is 0 Å². The van der Waals surface area contributed by atoms with Gasteiger partial charge < -0.3 is 0 Å². The Morgan fingerprint density at radius 1 is 0.857 bits per heavy atom. The van der Waals surface area contributed by atoms with E-state index in [4.69, 9.17) is 0 Å². The first kappa shape index (κ1) is 16.1. The summed E-state index contributed by atoms with van der Waals surface area (Å²) < 4.78 is 76.1. The number of allylic oxidation sites excluding steroid dienone is 8. The zero-order valence-corrected chi connectivity index (χ0v) is 12.6. The van der Waals surface area contributed by atoms with E-state index in [0.29, 0.717) is 0 Å². The summed E-state index contributed by atoms with van der Waals surface area (Å²) in [4.78, 5) is 0. The Kier molecular flexibility index (Phi) is 4.46. The Bertz CT molecular complexity index is 567. The molecular weight excluding hydrogens is 355 g/mol. The molecule has 0 radical (unpaired) electrons. The molecule has 7 heteroatoms. The molecule has 0 saturated heterocycles. The van der Waals surface area contributed by atoms with Crippen molar-refractivity contribution in [2.24, 2.45) is 0 Å². The molecule has 0 N–H and O–H groups in total. The van der Waals surface area contributed by atoms with Gasteiger partial charge in [-0.1, -0.05) is 0 Å². The van der Waals surface area contributed by atoms with Crippen LogP contribution in [0.4, 0.5) is 26.3 Å². The topological polar surface area (TPSA) is 0 Å². The SMILES string of the molecule is FC(F)(F)C1=C[CH+][C](=[Ge]=[C]2C=CC(C(F)(F)F)=CC2)C=C1. The fourth-order valence-corrected chi connectivity index (χ4v) is 4.03. The van der Waals surface area contributed by atoms with Crippen LogP contribution in [0.3, 0.4) is 0 Å². The molecule has 0 fully saturated rings. The van der Waals surface area contributed by atoms with E-state index in [1.54, 1.807) is 0 Å². The van der Waals surface area contributed by atoms with Gasteiger partial charge in [0.05, 0.1) is 0 Å². The number of rotatable bonds is 0. The molecule has 2 aliphatic carbocycles. The normalized spacial score (nSPS) is 19.0. The Hall–Kier alpha value is -1.31. The fourth-order valence-electron chi connectivity index (χ4n) is 1.78. The Labute approximate surface area is 123 Å². The predicted molar refractivity (Wildman–Crippen MR) is 71.2 cm³/mol. The zero-order chi connectivity index (χ0) is 15.7. The number of halogens is 6. The average molecular weight is 364 g/mol. The maximum atomic E-state index is 12.4. The van der Waals surface area contributed by atoms with Crippen LogP contribution in [-0.2, 0) is 0 Å². The van der Waals surface area contributed by atoms with E-state index in [1.165, 1.54) is 18.6 Å². The van der Waals surface area contributed by atoms with E-state index < -0.39 is 38.0 Å². The maximum absolute atomic E-state index is 12.4. The summed E-state index contributed by atoms with van der Waals surface area (Å²) in [5.74, 6) is 0. The second kappa shape index (κ2) is 5.83. The van der Waals surface area contributed by atoms with Crippen molar-refractivity contribution in [1.29, 1.82) is 0 Å². The summed E-state index contributed by atoms with van der Waals surface area (Å²) in [6.07, 6.45) is -0.162. The van der Waals surface area contributed by atoms with E-state index in [-0.39, 0.29) is 6.42 Å². The molecular formula is C14H9F6Ge+. The fraction of sp³-hybridized carbons (Fsp3) is 0.214. The third-order valence-corrected chi connectivity index (χ3v) is 5.61. The molecule has 2 rings (SSSR count). The van der Waals surface area contributed by atoms with Crippen molar-refractivity contribution in [3.05, 3.63) is 54.0 Å². The van der Waals surface area contributed by atoms with Crippen LogP contribution >= 0.6 is 0 Å².